The Bertz CT molecular complexity index is 1510. The Morgan fingerprint density at radius 1 is 1.09 bits per heavy atom. The molecular weight excluding hydrogens is 541 g/mol. The van der Waals surface area contributed by atoms with Gasteiger partial charge < -0.3 is 8.98 Å². The van der Waals surface area contributed by atoms with Gasteiger partial charge >= 0.3 is 6.03 Å². The second-order valence-corrected chi connectivity index (χ2v) is 9.18. The molecule has 2 aromatic heterocycles. The summed E-state index contributed by atoms with van der Waals surface area (Å²) in [7, 11) is 0. The molecule has 3 heterocycles. The Morgan fingerprint density at radius 3 is 2.66 bits per heavy atom. The topological polar surface area (TPSA) is 84.6 Å². The van der Waals surface area contributed by atoms with Gasteiger partial charge in [0.05, 0.1) is 19.4 Å². The van der Waals surface area contributed by atoms with Crippen molar-refractivity contribution in [3.63, 3.8) is 0 Å². The third-order valence-corrected chi connectivity index (χ3v) is 6.49. The molecule has 5 rings (SSSR count). The maximum Gasteiger partial charge on any atom is 0.331 e. The fourth-order valence-corrected chi connectivity index (χ4v) is 4.53. The molecule has 10 heteroatoms. The molecule has 7 nitrogen and oxygen atoms in total. The number of benzene rings is 2. The predicted octanol–water partition coefficient (Wildman–Crippen LogP) is 5.50. The molecule has 0 bridgehead atoms. The number of amides is 4. The van der Waals surface area contributed by atoms with Crippen molar-refractivity contribution >= 4 is 62.4 Å². The highest BCUT2D eigenvalue weighted by atomic mass is 79.9. The van der Waals surface area contributed by atoms with Crippen LogP contribution in [-0.2, 0) is 22.7 Å². The number of hydrogen-bond donors (Lipinski definition) is 1. The fraction of sp³-hybridized carbons (Fsp3) is 0.0800. The second kappa shape index (κ2) is 9.16. The summed E-state index contributed by atoms with van der Waals surface area (Å²) < 4.78 is 22.3. The average molecular weight is 557 g/mol. The number of fused-ring (bicyclic) bond motifs is 1. The quantitative estimate of drug-likeness (QED) is 0.260. The lowest BCUT2D eigenvalue weighted by Gasteiger charge is -2.25. The third-order valence-electron chi connectivity index (χ3n) is 5.64. The highest BCUT2D eigenvalue weighted by molar-refractivity contribution is 9.10. The minimum Gasteiger partial charge on any atom is -0.467 e. The number of nitrogens with zero attached hydrogens (tertiary/aromatic N) is 2. The van der Waals surface area contributed by atoms with Crippen LogP contribution < -0.4 is 5.32 Å². The molecule has 1 aliphatic heterocycles. The van der Waals surface area contributed by atoms with Crippen molar-refractivity contribution in [2.75, 3.05) is 0 Å². The number of carbonyl (C=O) groups excluding carboxylic acids is 3. The van der Waals surface area contributed by atoms with Gasteiger partial charge in [0.2, 0.25) is 0 Å². The van der Waals surface area contributed by atoms with Crippen LogP contribution in [0.1, 0.15) is 16.9 Å². The number of halogens is 3. The minimum absolute atomic E-state index is 0.124. The minimum atomic E-state index is -0.826. The molecule has 0 saturated carbocycles. The van der Waals surface area contributed by atoms with Crippen LogP contribution in [-0.4, -0.2) is 27.3 Å². The van der Waals surface area contributed by atoms with Crippen molar-refractivity contribution in [3.05, 3.63) is 98.8 Å². The summed E-state index contributed by atoms with van der Waals surface area (Å²) in [6.07, 6.45) is 4.56. The van der Waals surface area contributed by atoms with E-state index in [2.05, 4.69) is 21.2 Å². The highest BCUT2D eigenvalue weighted by Gasteiger charge is 2.36. The van der Waals surface area contributed by atoms with Crippen molar-refractivity contribution in [2.45, 2.75) is 13.1 Å². The van der Waals surface area contributed by atoms with Crippen molar-refractivity contribution in [2.24, 2.45) is 0 Å². The lowest BCUT2D eigenvalue weighted by atomic mass is 10.1. The Morgan fingerprint density at radius 2 is 1.91 bits per heavy atom. The number of urea groups is 1. The molecule has 35 heavy (non-hydrogen) atoms. The fourth-order valence-electron chi connectivity index (χ4n) is 3.95. The number of aromatic nitrogens is 1. The molecule has 0 atom stereocenters. The van der Waals surface area contributed by atoms with E-state index in [0.717, 1.165) is 20.3 Å². The average Bonchev–Trinajstić information content (AvgIpc) is 3.44. The first kappa shape index (κ1) is 23.1. The zero-order valence-electron chi connectivity index (χ0n) is 17.9. The molecule has 4 amide bonds. The van der Waals surface area contributed by atoms with Crippen LogP contribution in [0, 0.1) is 5.82 Å². The molecule has 176 valence electrons. The normalized spacial score (nSPS) is 15.3. The molecule has 1 saturated heterocycles. The van der Waals surface area contributed by atoms with Crippen LogP contribution in [0.25, 0.3) is 17.0 Å². The molecule has 0 unspecified atom stereocenters. The molecule has 1 aliphatic rings. The second-order valence-electron chi connectivity index (χ2n) is 7.86. The van der Waals surface area contributed by atoms with E-state index in [1.807, 2.05) is 18.2 Å². The Labute approximate surface area is 211 Å². The predicted molar refractivity (Wildman–Crippen MR) is 131 cm³/mol. The zero-order chi connectivity index (χ0) is 24.7. The molecule has 1 fully saturated rings. The summed E-state index contributed by atoms with van der Waals surface area (Å²) in [5, 5.41) is 3.20. The lowest BCUT2D eigenvalue weighted by Crippen LogP contribution is -2.53. The van der Waals surface area contributed by atoms with Gasteiger partial charge in [0.25, 0.3) is 11.8 Å². The number of furan rings is 1. The van der Waals surface area contributed by atoms with E-state index in [4.69, 9.17) is 16.0 Å². The number of rotatable bonds is 5. The summed E-state index contributed by atoms with van der Waals surface area (Å²) >= 11 is 9.67. The van der Waals surface area contributed by atoms with Gasteiger partial charge in [-0.15, -0.1) is 0 Å². The van der Waals surface area contributed by atoms with Gasteiger partial charge in [-0.25, -0.2) is 9.18 Å². The highest BCUT2D eigenvalue weighted by Crippen LogP contribution is 2.30. The molecular formula is C25H16BrClFN3O4. The summed E-state index contributed by atoms with van der Waals surface area (Å²) in [6.45, 7) is 0.0113. The van der Waals surface area contributed by atoms with E-state index in [1.54, 1.807) is 29.0 Å². The van der Waals surface area contributed by atoms with E-state index >= 15 is 0 Å². The SMILES string of the molecule is O=C1NC(=O)N(Cc2ccco2)C(=O)/C1=C/c1cn(Cc2c(F)cccc2Cl)c2ccc(Br)cc12. The van der Waals surface area contributed by atoms with E-state index in [9.17, 15) is 18.8 Å². The van der Waals surface area contributed by atoms with Crippen molar-refractivity contribution < 1.29 is 23.2 Å². The van der Waals surface area contributed by atoms with Crippen molar-refractivity contribution in [1.82, 2.24) is 14.8 Å². The molecule has 4 aromatic rings. The zero-order valence-corrected chi connectivity index (χ0v) is 20.3. The van der Waals surface area contributed by atoms with Gasteiger partial charge in [0.1, 0.15) is 17.2 Å². The van der Waals surface area contributed by atoms with Crippen LogP contribution in [0.5, 0.6) is 0 Å². The van der Waals surface area contributed by atoms with Gasteiger partial charge in [-0.3, -0.25) is 19.8 Å². The van der Waals surface area contributed by atoms with Gasteiger partial charge in [-0.2, -0.15) is 0 Å². The van der Waals surface area contributed by atoms with Crippen LogP contribution in [0.4, 0.5) is 9.18 Å². The molecule has 1 N–H and O–H groups in total. The summed E-state index contributed by atoms with van der Waals surface area (Å²) in [4.78, 5) is 38.9. The number of carbonyl (C=O) groups is 3. The first-order chi connectivity index (χ1) is 16.8. The van der Waals surface area contributed by atoms with E-state index < -0.39 is 23.7 Å². The van der Waals surface area contributed by atoms with Gasteiger partial charge in [0.15, 0.2) is 0 Å². The summed E-state index contributed by atoms with van der Waals surface area (Å²) in [6, 6.07) is 12.4. The first-order valence-electron chi connectivity index (χ1n) is 10.4. The van der Waals surface area contributed by atoms with E-state index in [0.29, 0.717) is 16.9 Å². The number of barbiturate groups is 1. The van der Waals surface area contributed by atoms with E-state index in [-0.39, 0.29) is 23.7 Å². The maximum atomic E-state index is 14.5. The lowest BCUT2D eigenvalue weighted by molar-refractivity contribution is -0.130. The van der Waals surface area contributed by atoms with E-state index in [1.165, 1.54) is 24.5 Å². The number of imide groups is 2. The van der Waals surface area contributed by atoms with Crippen molar-refractivity contribution in [1.29, 1.82) is 0 Å². The number of hydrogen-bond acceptors (Lipinski definition) is 4. The Balaban J connectivity index is 1.58. The molecule has 0 spiro atoms. The van der Waals surface area contributed by atoms with Gasteiger partial charge in [-0.05, 0) is 48.5 Å². The van der Waals surface area contributed by atoms with Crippen LogP contribution >= 0.6 is 27.5 Å². The maximum absolute atomic E-state index is 14.5. The summed E-state index contributed by atoms with van der Waals surface area (Å²) in [5.74, 6) is -1.60. The smallest absolute Gasteiger partial charge is 0.331 e. The Hall–Kier alpha value is -3.69. The van der Waals surface area contributed by atoms with Gasteiger partial charge in [-0.1, -0.05) is 33.6 Å². The van der Waals surface area contributed by atoms with Crippen LogP contribution in [0.15, 0.2) is 75.5 Å². The first-order valence-corrected chi connectivity index (χ1v) is 11.6. The van der Waals surface area contributed by atoms with Crippen LogP contribution in [0.3, 0.4) is 0 Å². The summed E-state index contributed by atoms with van der Waals surface area (Å²) in [5.41, 5.74) is 1.39. The third kappa shape index (κ3) is 4.40. The van der Waals surface area contributed by atoms with Crippen LogP contribution in [0.2, 0.25) is 5.02 Å². The standard InChI is InChI=1S/C25H16BrClFN3O4/c26-15-6-7-22-17(10-15)14(11-30(22)13-19-20(27)4-1-5-21(19)28)9-18-23(32)29-25(34)31(24(18)33)12-16-3-2-8-35-16/h1-11H,12-13H2,(H,29,32,34)/b18-9+. The monoisotopic (exact) mass is 555 g/mol. The number of nitrogens with one attached hydrogen (secondary N) is 1. The molecule has 0 radical (unpaired) electrons. The molecule has 0 aliphatic carbocycles. The largest absolute Gasteiger partial charge is 0.467 e. The van der Waals surface area contributed by atoms with Gasteiger partial charge in [0, 0.05) is 37.7 Å². The van der Waals surface area contributed by atoms with Crippen molar-refractivity contribution in [3.8, 4) is 0 Å². The molecule has 2 aromatic carbocycles. The Kier molecular flexibility index (Phi) is 6.04.